The Bertz CT molecular complexity index is 1130. The molecular weight excluding hydrogens is 441 g/mol. The Kier molecular flexibility index (Phi) is 7.14. The van der Waals surface area contributed by atoms with Crippen molar-refractivity contribution in [3.05, 3.63) is 70.2 Å². The molecule has 168 valence electrons. The molecule has 0 spiro atoms. The fourth-order valence-corrected chi connectivity index (χ4v) is 3.49. The van der Waals surface area contributed by atoms with E-state index < -0.39 is 17.6 Å². The second-order valence-corrected chi connectivity index (χ2v) is 8.00. The van der Waals surface area contributed by atoms with E-state index in [1.807, 2.05) is 6.92 Å². The number of benzene rings is 2. The molecule has 3 N–H and O–H groups in total. The number of hydrogen-bond acceptors (Lipinski definition) is 5. The SMILES string of the molecule is CCCNc1ncc(C(=O)Nc2cc(C(=O)Nc3cccc(C(F)(F)F)c3)ccc2C)s1. The Hall–Kier alpha value is -3.40. The van der Waals surface area contributed by atoms with Gasteiger partial charge < -0.3 is 16.0 Å². The van der Waals surface area contributed by atoms with E-state index in [4.69, 9.17) is 0 Å². The van der Waals surface area contributed by atoms with E-state index >= 15 is 0 Å². The number of alkyl halides is 3. The van der Waals surface area contributed by atoms with Crippen molar-refractivity contribution < 1.29 is 22.8 Å². The monoisotopic (exact) mass is 462 g/mol. The minimum Gasteiger partial charge on any atom is -0.362 e. The van der Waals surface area contributed by atoms with Crippen molar-refractivity contribution in [1.29, 1.82) is 0 Å². The highest BCUT2D eigenvalue weighted by atomic mass is 32.1. The van der Waals surface area contributed by atoms with Gasteiger partial charge >= 0.3 is 6.18 Å². The van der Waals surface area contributed by atoms with Crippen LogP contribution in [0.1, 0.15) is 44.5 Å². The van der Waals surface area contributed by atoms with Crippen LogP contribution in [0.3, 0.4) is 0 Å². The van der Waals surface area contributed by atoms with Gasteiger partial charge in [0.15, 0.2) is 5.13 Å². The van der Waals surface area contributed by atoms with Crippen molar-refractivity contribution in [3.63, 3.8) is 0 Å². The third-order valence-corrected chi connectivity index (χ3v) is 5.41. The Morgan fingerprint density at radius 3 is 2.56 bits per heavy atom. The van der Waals surface area contributed by atoms with E-state index in [0.29, 0.717) is 15.7 Å². The van der Waals surface area contributed by atoms with Gasteiger partial charge in [0, 0.05) is 23.5 Å². The number of hydrogen-bond donors (Lipinski definition) is 3. The maximum Gasteiger partial charge on any atom is 0.416 e. The number of aryl methyl sites for hydroxylation is 1. The fourth-order valence-electron chi connectivity index (χ4n) is 2.75. The Morgan fingerprint density at radius 2 is 1.84 bits per heavy atom. The molecule has 0 saturated heterocycles. The molecule has 0 bridgehead atoms. The number of nitrogens with zero attached hydrogens (tertiary/aromatic N) is 1. The summed E-state index contributed by atoms with van der Waals surface area (Å²) in [5.74, 6) is -0.964. The predicted molar refractivity (Wildman–Crippen MR) is 119 cm³/mol. The van der Waals surface area contributed by atoms with Crippen LogP contribution in [-0.2, 0) is 6.18 Å². The van der Waals surface area contributed by atoms with Crippen LogP contribution in [0.4, 0.5) is 29.7 Å². The second kappa shape index (κ2) is 9.82. The molecule has 0 radical (unpaired) electrons. The molecule has 0 fully saturated rings. The molecule has 0 saturated carbocycles. The van der Waals surface area contributed by atoms with Crippen molar-refractivity contribution in [1.82, 2.24) is 4.98 Å². The van der Waals surface area contributed by atoms with Crippen molar-refractivity contribution in [2.24, 2.45) is 0 Å². The summed E-state index contributed by atoms with van der Waals surface area (Å²) < 4.78 is 38.7. The summed E-state index contributed by atoms with van der Waals surface area (Å²) in [5.41, 5.74) is 0.501. The molecule has 10 heteroatoms. The molecule has 1 heterocycles. The van der Waals surface area contributed by atoms with E-state index in [1.165, 1.54) is 41.8 Å². The van der Waals surface area contributed by atoms with Crippen molar-refractivity contribution in [2.45, 2.75) is 26.4 Å². The molecule has 0 aliphatic rings. The summed E-state index contributed by atoms with van der Waals surface area (Å²) in [5, 5.41) is 8.97. The highest BCUT2D eigenvalue weighted by molar-refractivity contribution is 7.17. The Morgan fingerprint density at radius 1 is 1.06 bits per heavy atom. The van der Waals surface area contributed by atoms with Gasteiger partial charge in [-0.15, -0.1) is 0 Å². The zero-order valence-corrected chi connectivity index (χ0v) is 18.2. The average molecular weight is 462 g/mol. The molecule has 1 aromatic heterocycles. The number of amides is 2. The minimum atomic E-state index is -4.51. The van der Waals surface area contributed by atoms with Crippen molar-refractivity contribution >= 4 is 39.7 Å². The second-order valence-electron chi connectivity index (χ2n) is 6.97. The quantitative estimate of drug-likeness (QED) is 0.415. The number of halogens is 3. The van der Waals surface area contributed by atoms with Crippen LogP contribution in [0.5, 0.6) is 0 Å². The molecule has 3 rings (SSSR count). The number of anilines is 3. The molecule has 6 nitrogen and oxygen atoms in total. The van der Waals surface area contributed by atoms with Crippen LogP contribution < -0.4 is 16.0 Å². The zero-order valence-electron chi connectivity index (χ0n) is 17.3. The van der Waals surface area contributed by atoms with E-state index in [-0.39, 0.29) is 17.2 Å². The van der Waals surface area contributed by atoms with E-state index in [0.717, 1.165) is 30.7 Å². The lowest BCUT2D eigenvalue weighted by Gasteiger charge is -2.12. The van der Waals surface area contributed by atoms with E-state index in [1.54, 1.807) is 13.0 Å². The molecule has 0 unspecified atom stereocenters. The van der Waals surface area contributed by atoms with Gasteiger partial charge in [-0.3, -0.25) is 9.59 Å². The molecule has 0 aliphatic carbocycles. The third-order valence-electron chi connectivity index (χ3n) is 4.45. The average Bonchev–Trinajstić information content (AvgIpc) is 3.22. The highest BCUT2D eigenvalue weighted by Crippen LogP contribution is 2.31. The van der Waals surface area contributed by atoms with E-state index in [9.17, 15) is 22.8 Å². The van der Waals surface area contributed by atoms with Gasteiger partial charge in [0.1, 0.15) is 4.88 Å². The van der Waals surface area contributed by atoms with Crippen LogP contribution in [0.2, 0.25) is 0 Å². The number of aromatic nitrogens is 1. The smallest absolute Gasteiger partial charge is 0.362 e. The first-order chi connectivity index (χ1) is 15.2. The molecule has 0 aliphatic heterocycles. The van der Waals surface area contributed by atoms with Gasteiger partial charge in [-0.1, -0.05) is 30.4 Å². The molecule has 3 aromatic rings. The van der Waals surface area contributed by atoms with Crippen LogP contribution in [0, 0.1) is 6.92 Å². The fraction of sp³-hybridized carbons (Fsp3) is 0.227. The van der Waals surface area contributed by atoms with Crippen LogP contribution >= 0.6 is 11.3 Å². The maximum atomic E-state index is 12.9. The van der Waals surface area contributed by atoms with Gasteiger partial charge in [0.2, 0.25) is 0 Å². The number of carbonyl (C=O) groups is 2. The minimum absolute atomic E-state index is 0.0211. The summed E-state index contributed by atoms with van der Waals surface area (Å²) in [6.07, 6.45) is -2.11. The largest absolute Gasteiger partial charge is 0.416 e. The number of thiazole rings is 1. The van der Waals surface area contributed by atoms with Gasteiger partial charge in [-0.25, -0.2) is 4.98 Å². The summed E-state index contributed by atoms with van der Waals surface area (Å²) >= 11 is 1.22. The van der Waals surface area contributed by atoms with Crippen molar-refractivity contribution in [2.75, 3.05) is 22.5 Å². The normalized spacial score (nSPS) is 11.2. The van der Waals surface area contributed by atoms with Gasteiger partial charge in [-0.05, 0) is 49.2 Å². The topological polar surface area (TPSA) is 83.1 Å². The number of rotatable bonds is 7. The van der Waals surface area contributed by atoms with Gasteiger partial charge in [-0.2, -0.15) is 13.2 Å². The highest BCUT2D eigenvalue weighted by Gasteiger charge is 2.30. The molecule has 2 aromatic carbocycles. The summed E-state index contributed by atoms with van der Waals surface area (Å²) in [7, 11) is 0. The first kappa shape index (κ1) is 23.3. The summed E-state index contributed by atoms with van der Waals surface area (Å²) in [4.78, 5) is 29.7. The standard InChI is InChI=1S/C22H21F3N4O2S/c1-3-9-26-21-27-12-18(32-21)20(31)29-17-10-14(8-7-13(17)2)19(30)28-16-6-4-5-15(11-16)22(23,24)25/h4-8,10-12H,3,9H2,1-2H3,(H,26,27)(H,28,30)(H,29,31). The van der Waals surface area contributed by atoms with Gasteiger partial charge in [0.25, 0.3) is 11.8 Å². The molecule has 32 heavy (non-hydrogen) atoms. The lowest BCUT2D eigenvalue weighted by Crippen LogP contribution is -2.15. The van der Waals surface area contributed by atoms with Crippen LogP contribution in [0.15, 0.2) is 48.7 Å². The molecular formula is C22H21F3N4O2S. The van der Waals surface area contributed by atoms with Crippen LogP contribution in [0.25, 0.3) is 0 Å². The maximum absolute atomic E-state index is 12.9. The lowest BCUT2D eigenvalue weighted by molar-refractivity contribution is -0.137. The molecule has 2 amide bonds. The third kappa shape index (κ3) is 5.85. The lowest BCUT2D eigenvalue weighted by atomic mass is 10.1. The van der Waals surface area contributed by atoms with Gasteiger partial charge in [0.05, 0.1) is 11.8 Å². The summed E-state index contributed by atoms with van der Waals surface area (Å²) in [6, 6.07) is 9.05. The first-order valence-corrected chi connectivity index (χ1v) is 10.6. The number of nitrogens with one attached hydrogen (secondary N) is 3. The van der Waals surface area contributed by atoms with Crippen LogP contribution in [-0.4, -0.2) is 23.3 Å². The predicted octanol–water partition coefficient (Wildman–Crippen LogP) is 5.80. The Balaban J connectivity index is 1.73. The summed E-state index contributed by atoms with van der Waals surface area (Å²) in [6.45, 7) is 4.54. The molecule has 0 atom stereocenters. The van der Waals surface area contributed by atoms with E-state index in [2.05, 4.69) is 20.9 Å². The first-order valence-electron chi connectivity index (χ1n) is 9.77. The van der Waals surface area contributed by atoms with Crippen molar-refractivity contribution in [3.8, 4) is 0 Å². The number of carbonyl (C=O) groups excluding carboxylic acids is 2. The zero-order chi connectivity index (χ0) is 23.3. The Labute approximate surface area is 186 Å².